The number of hydrogen-bond donors (Lipinski definition) is 1. The molecule has 0 aliphatic rings. The van der Waals surface area contributed by atoms with Crippen LogP contribution in [-0.2, 0) is 0 Å². The largest absolute Gasteiger partial charge is 0.347 e. The second-order valence-electron chi connectivity index (χ2n) is 6.08. The van der Waals surface area contributed by atoms with Gasteiger partial charge in [0.2, 0.25) is 5.82 Å². The van der Waals surface area contributed by atoms with E-state index in [2.05, 4.69) is 20.3 Å². The molecule has 3 rings (SSSR count). The molecule has 0 saturated carbocycles. The molecule has 0 aliphatic carbocycles. The van der Waals surface area contributed by atoms with Crippen LogP contribution < -0.4 is 5.32 Å². The average Bonchev–Trinajstić information content (AvgIpc) is 3.25. The molecular formula is C18H20FN5OS. The van der Waals surface area contributed by atoms with Crippen LogP contribution in [0, 0.1) is 12.7 Å². The Hall–Kier alpha value is -2.58. The normalized spacial score (nSPS) is 12.3. The van der Waals surface area contributed by atoms with E-state index in [0.717, 1.165) is 0 Å². The van der Waals surface area contributed by atoms with Gasteiger partial charge in [-0.15, -0.1) is 16.4 Å². The number of carbonyl (C=O) groups is 1. The van der Waals surface area contributed by atoms with E-state index in [-0.39, 0.29) is 23.6 Å². The maximum atomic E-state index is 13.1. The highest BCUT2D eigenvalue weighted by Crippen LogP contribution is 2.22. The van der Waals surface area contributed by atoms with Crippen molar-refractivity contribution < 1.29 is 9.18 Å². The molecule has 26 heavy (non-hydrogen) atoms. The molecule has 3 aromatic rings. The number of hydrogen-bond acceptors (Lipinski definition) is 5. The molecular weight excluding hydrogens is 353 g/mol. The fourth-order valence-electron chi connectivity index (χ4n) is 2.60. The Morgan fingerprint density at radius 1 is 1.31 bits per heavy atom. The van der Waals surface area contributed by atoms with Crippen molar-refractivity contribution in [1.29, 1.82) is 0 Å². The van der Waals surface area contributed by atoms with Gasteiger partial charge in [0.1, 0.15) is 11.6 Å². The zero-order chi connectivity index (χ0) is 18.7. The molecule has 136 valence electrons. The monoisotopic (exact) mass is 373 g/mol. The number of aryl methyl sites for hydroxylation is 1. The predicted octanol–water partition coefficient (Wildman–Crippen LogP) is 2.81. The Balaban J connectivity index is 1.72. The molecule has 0 unspecified atom stereocenters. The number of halogens is 1. The molecule has 0 fully saturated rings. The summed E-state index contributed by atoms with van der Waals surface area (Å²) in [7, 11) is 3.95. The lowest BCUT2D eigenvalue weighted by Crippen LogP contribution is -2.34. The van der Waals surface area contributed by atoms with Crippen molar-refractivity contribution in [3.05, 3.63) is 64.1 Å². The van der Waals surface area contributed by atoms with Crippen LogP contribution in [0.15, 0.2) is 41.8 Å². The standard InChI is InChI=1S/C18H20FN5OS/c1-12-21-17(22-24(12)14-8-6-13(19)7-9-14)18(25)20-11-15(23(2)3)16-5-4-10-26-16/h4-10,15H,11H2,1-3H3,(H,20,25)/t15-/m0/s1. The van der Waals surface area contributed by atoms with Gasteiger partial charge in [0.05, 0.1) is 11.7 Å². The molecule has 0 radical (unpaired) electrons. The van der Waals surface area contributed by atoms with Crippen molar-refractivity contribution in [2.24, 2.45) is 0 Å². The zero-order valence-electron chi connectivity index (χ0n) is 14.8. The van der Waals surface area contributed by atoms with Gasteiger partial charge in [0.25, 0.3) is 5.91 Å². The Morgan fingerprint density at radius 3 is 2.65 bits per heavy atom. The minimum atomic E-state index is -0.336. The van der Waals surface area contributed by atoms with E-state index in [1.807, 2.05) is 31.6 Å². The highest BCUT2D eigenvalue weighted by Gasteiger charge is 2.19. The maximum absolute atomic E-state index is 13.1. The summed E-state index contributed by atoms with van der Waals surface area (Å²) in [6.45, 7) is 2.21. The number of benzene rings is 1. The number of aromatic nitrogens is 3. The van der Waals surface area contributed by atoms with Crippen molar-refractivity contribution in [2.75, 3.05) is 20.6 Å². The first-order valence-corrected chi connectivity index (χ1v) is 9.01. The van der Waals surface area contributed by atoms with Crippen LogP contribution in [0.2, 0.25) is 0 Å². The Bertz CT molecular complexity index is 874. The number of rotatable bonds is 6. The van der Waals surface area contributed by atoms with Crippen molar-refractivity contribution in [2.45, 2.75) is 13.0 Å². The van der Waals surface area contributed by atoms with Gasteiger partial charge in [-0.25, -0.2) is 14.1 Å². The van der Waals surface area contributed by atoms with Gasteiger partial charge in [0, 0.05) is 11.4 Å². The molecule has 2 heterocycles. The maximum Gasteiger partial charge on any atom is 0.291 e. The summed E-state index contributed by atoms with van der Waals surface area (Å²) in [4.78, 5) is 19.9. The molecule has 1 atom stereocenters. The summed E-state index contributed by atoms with van der Waals surface area (Å²) < 4.78 is 14.6. The average molecular weight is 373 g/mol. The van der Waals surface area contributed by atoms with Crippen molar-refractivity contribution in [3.63, 3.8) is 0 Å². The molecule has 2 aromatic heterocycles. The third kappa shape index (κ3) is 3.97. The minimum absolute atomic E-state index is 0.0826. The van der Waals surface area contributed by atoms with E-state index in [1.165, 1.54) is 21.7 Å². The van der Waals surface area contributed by atoms with Crippen molar-refractivity contribution >= 4 is 17.2 Å². The lowest BCUT2D eigenvalue weighted by atomic mass is 10.2. The van der Waals surface area contributed by atoms with Crippen LogP contribution in [0.4, 0.5) is 4.39 Å². The van der Waals surface area contributed by atoms with Crippen LogP contribution in [0.25, 0.3) is 5.69 Å². The number of nitrogens with one attached hydrogen (secondary N) is 1. The third-order valence-electron chi connectivity index (χ3n) is 3.99. The Kier molecular flexibility index (Phi) is 5.43. The molecule has 0 aliphatic heterocycles. The minimum Gasteiger partial charge on any atom is -0.347 e. The van der Waals surface area contributed by atoms with E-state index in [1.54, 1.807) is 30.4 Å². The van der Waals surface area contributed by atoms with Gasteiger partial charge in [0.15, 0.2) is 0 Å². The lowest BCUT2D eigenvalue weighted by Gasteiger charge is -2.23. The topological polar surface area (TPSA) is 63.1 Å². The summed E-state index contributed by atoms with van der Waals surface area (Å²) in [5.41, 5.74) is 0.653. The molecule has 8 heteroatoms. The molecule has 0 spiro atoms. The highest BCUT2D eigenvalue weighted by molar-refractivity contribution is 7.10. The summed E-state index contributed by atoms with van der Waals surface area (Å²) >= 11 is 1.65. The van der Waals surface area contributed by atoms with Gasteiger partial charge in [-0.3, -0.25) is 4.79 Å². The van der Waals surface area contributed by atoms with Gasteiger partial charge >= 0.3 is 0 Å². The van der Waals surface area contributed by atoms with E-state index >= 15 is 0 Å². The fraction of sp³-hybridized carbons (Fsp3) is 0.278. The number of thiophene rings is 1. The molecule has 1 aromatic carbocycles. The molecule has 0 saturated heterocycles. The third-order valence-corrected chi connectivity index (χ3v) is 4.97. The second kappa shape index (κ2) is 7.76. The van der Waals surface area contributed by atoms with Gasteiger partial charge in [-0.2, -0.15) is 0 Å². The van der Waals surface area contributed by atoms with Gasteiger partial charge in [-0.05, 0) is 56.7 Å². The van der Waals surface area contributed by atoms with Crippen LogP contribution >= 0.6 is 11.3 Å². The van der Waals surface area contributed by atoms with Crippen LogP contribution in [0.3, 0.4) is 0 Å². The van der Waals surface area contributed by atoms with Crippen LogP contribution in [0.1, 0.15) is 27.4 Å². The van der Waals surface area contributed by atoms with Crippen molar-refractivity contribution in [1.82, 2.24) is 25.0 Å². The van der Waals surface area contributed by atoms with Crippen LogP contribution in [-0.4, -0.2) is 46.2 Å². The molecule has 1 amide bonds. The molecule has 6 nitrogen and oxygen atoms in total. The molecule has 0 bridgehead atoms. The first-order valence-electron chi connectivity index (χ1n) is 8.13. The van der Waals surface area contributed by atoms with Crippen molar-refractivity contribution in [3.8, 4) is 5.69 Å². The van der Waals surface area contributed by atoms with E-state index in [9.17, 15) is 9.18 Å². The number of amides is 1. The molecule has 1 N–H and O–H groups in total. The zero-order valence-corrected chi connectivity index (χ0v) is 15.6. The van der Waals surface area contributed by atoms with Gasteiger partial charge in [-0.1, -0.05) is 6.07 Å². The Labute approximate surface area is 155 Å². The van der Waals surface area contributed by atoms with Gasteiger partial charge < -0.3 is 10.2 Å². The first-order chi connectivity index (χ1) is 12.5. The van der Waals surface area contributed by atoms with E-state index < -0.39 is 0 Å². The predicted molar refractivity (Wildman–Crippen MR) is 99.1 cm³/mol. The highest BCUT2D eigenvalue weighted by atomic mass is 32.1. The smallest absolute Gasteiger partial charge is 0.291 e. The van der Waals surface area contributed by atoms with Crippen LogP contribution in [0.5, 0.6) is 0 Å². The SMILES string of the molecule is Cc1nc(C(=O)NC[C@@H](c2cccs2)N(C)C)nn1-c1ccc(F)cc1. The quantitative estimate of drug-likeness (QED) is 0.722. The summed E-state index contributed by atoms with van der Waals surface area (Å²) in [5, 5.41) is 9.17. The number of nitrogens with zero attached hydrogens (tertiary/aromatic N) is 4. The summed E-state index contributed by atoms with van der Waals surface area (Å²) in [6, 6.07) is 10.0. The number of likely N-dealkylation sites (N-methyl/N-ethyl adjacent to an activating group) is 1. The lowest BCUT2D eigenvalue weighted by molar-refractivity contribution is 0.0932. The fourth-order valence-corrected chi connectivity index (χ4v) is 3.52. The van der Waals surface area contributed by atoms with E-state index in [4.69, 9.17) is 0 Å². The second-order valence-corrected chi connectivity index (χ2v) is 7.05. The number of carbonyl (C=O) groups excluding carboxylic acids is 1. The first kappa shape index (κ1) is 18.2. The summed E-state index contributed by atoms with van der Waals surface area (Å²) in [6.07, 6.45) is 0. The van der Waals surface area contributed by atoms with E-state index in [0.29, 0.717) is 18.1 Å². The Morgan fingerprint density at radius 2 is 2.04 bits per heavy atom. The summed E-state index contributed by atoms with van der Waals surface area (Å²) in [5.74, 6) is -0.00941.